The first kappa shape index (κ1) is 12.5. The number of carboxylic acids is 1. The fourth-order valence-electron chi connectivity index (χ4n) is 2.27. The van der Waals surface area contributed by atoms with Crippen molar-refractivity contribution in [2.75, 3.05) is 0 Å². The zero-order valence-corrected chi connectivity index (χ0v) is 11.2. The van der Waals surface area contributed by atoms with Gasteiger partial charge in [-0.1, -0.05) is 6.92 Å². The van der Waals surface area contributed by atoms with Crippen molar-refractivity contribution >= 4 is 27.5 Å². The zero-order chi connectivity index (χ0) is 13.4. The van der Waals surface area contributed by atoms with Gasteiger partial charge in [0.25, 0.3) is 0 Å². The fraction of sp³-hybridized carbons (Fsp3) is 0.308. The minimum Gasteiger partial charge on any atom is -0.477 e. The smallest absolute Gasteiger partial charge is 0.347 e. The quantitative estimate of drug-likeness (QED) is 0.900. The van der Waals surface area contributed by atoms with E-state index in [0.29, 0.717) is 10.2 Å². The summed E-state index contributed by atoms with van der Waals surface area (Å²) in [6.45, 7) is 5.87. The van der Waals surface area contributed by atoms with E-state index in [1.54, 1.807) is 0 Å². The average Bonchev–Trinajstić information content (AvgIpc) is 2.68. The molecule has 4 nitrogen and oxygen atoms in total. The summed E-state index contributed by atoms with van der Waals surface area (Å²) < 4.78 is 0. The number of aromatic nitrogens is 1. The molecule has 0 aromatic carbocycles. The minimum atomic E-state index is -1.07. The summed E-state index contributed by atoms with van der Waals surface area (Å²) >= 11 is 1.07. The van der Waals surface area contributed by atoms with Crippen LogP contribution in [0.15, 0.2) is 0 Å². The molecule has 1 N–H and O–H groups in total. The van der Waals surface area contributed by atoms with Gasteiger partial charge in [0, 0.05) is 11.1 Å². The molecule has 0 saturated carbocycles. The van der Waals surface area contributed by atoms with Crippen LogP contribution in [0.25, 0.3) is 10.2 Å². The number of carboxylic acid groups (broad SMARTS) is 1. The molecular formula is C13H12N2O2S. The lowest BCUT2D eigenvalue weighted by Crippen LogP contribution is -1.97. The molecule has 0 fully saturated rings. The minimum absolute atomic E-state index is 0.0794. The van der Waals surface area contributed by atoms with Gasteiger partial charge >= 0.3 is 5.97 Å². The van der Waals surface area contributed by atoms with E-state index in [9.17, 15) is 10.1 Å². The van der Waals surface area contributed by atoms with Crippen molar-refractivity contribution in [2.24, 2.45) is 0 Å². The summed E-state index contributed by atoms with van der Waals surface area (Å²) in [7, 11) is 0. The van der Waals surface area contributed by atoms with Crippen molar-refractivity contribution in [3.63, 3.8) is 0 Å². The highest BCUT2D eigenvalue weighted by Gasteiger charge is 2.21. The molecule has 92 valence electrons. The van der Waals surface area contributed by atoms with E-state index in [1.807, 2.05) is 26.8 Å². The summed E-state index contributed by atoms with van der Waals surface area (Å²) in [6.07, 6.45) is 0.823. The lowest BCUT2D eigenvalue weighted by molar-refractivity contribution is 0.0702. The number of fused-ring (bicyclic) bond motifs is 1. The Bertz CT molecular complexity index is 695. The molecule has 2 rings (SSSR count). The van der Waals surface area contributed by atoms with E-state index in [0.717, 1.165) is 34.6 Å². The van der Waals surface area contributed by atoms with E-state index in [2.05, 4.69) is 4.98 Å². The first-order valence-electron chi connectivity index (χ1n) is 5.57. The van der Waals surface area contributed by atoms with Gasteiger partial charge in [-0.3, -0.25) is 0 Å². The van der Waals surface area contributed by atoms with Crippen LogP contribution in [-0.2, 0) is 6.42 Å². The maximum Gasteiger partial charge on any atom is 0.347 e. The van der Waals surface area contributed by atoms with Crippen LogP contribution < -0.4 is 0 Å². The first-order valence-corrected chi connectivity index (χ1v) is 6.38. The third-order valence-corrected chi connectivity index (χ3v) is 4.15. The topological polar surface area (TPSA) is 74.0 Å². The Morgan fingerprint density at radius 2 is 2.17 bits per heavy atom. The first-order chi connectivity index (χ1) is 8.51. The standard InChI is InChI=1S/C13H12N2O2S/c1-4-8-6(2)10-9(5-14)11(13(16)17)18-12(10)15-7(8)3/h4H2,1-3H3,(H,16,17). The molecule has 0 saturated heterocycles. The number of hydrogen-bond acceptors (Lipinski definition) is 4. The molecule has 2 aromatic rings. The second kappa shape index (κ2) is 4.39. The van der Waals surface area contributed by atoms with E-state index in [1.165, 1.54) is 0 Å². The summed E-state index contributed by atoms with van der Waals surface area (Å²) in [4.78, 5) is 16.3. The Balaban J connectivity index is 2.96. The van der Waals surface area contributed by atoms with Crippen molar-refractivity contribution in [3.05, 3.63) is 27.3 Å². The predicted molar refractivity (Wildman–Crippen MR) is 70.1 cm³/mol. The lowest BCUT2D eigenvalue weighted by atomic mass is 10.00. The average molecular weight is 260 g/mol. The van der Waals surface area contributed by atoms with Gasteiger partial charge < -0.3 is 5.11 Å². The summed E-state index contributed by atoms with van der Waals surface area (Å²) in [5.41, 5.74) is 3.21. The Hall–Kier alpha value is -1.93. The third kappa shape index (κ3) is 1.66. The van der Waals surface area contributed by atoms with Gasteiger partial charge in [0.15, 0.2) is 0 Å². The largest absolute Gasteiger partial charge is 0.477 e. The molecule has 0 radical (unpaired) electrons. The van der Waals surface area contributed by atoms with Crippen LogP contribution in [0.1, 0.15) is 39.0 Å². The van der Waals surface area contributed by atoms with E-state index < -0.39 is 5.97 Å². The van der Waals surface area contributed by atoms with Gasteiger partial charge in [0.1, 0.15) is 15.8 Å². The van der Waals surface area contributed by atoms with E-state index >= 15 is 0 Å². The summed E-state index contributed by atoms with van der Waals surface area (Å²) in [5, 5.41) is 19.0. The van der Waals surface area contributed by atoms with Crippen LogP contribution in [0.3, 0.4) is 0 Å². The zero-order valence-electron chi connectivity index (χ0n) is 10.4. The third-order valence-electron chi connectivity index (χ3n) is 3.08. The molecule has 18 heavy (non-hydrogen) atoms. The molecular weight excluding hydrogens is 248 g/mol. The maximum absolute atomic E-state index is 11.1. The van der Waals surface area contributed by atoms with Crippen LogP contribution >= 0.6 is 11.3 Å². The second-order valence-electron chi connectivity index (χ2n) is 4.06. The predicted octanol–water partition coefficient (Wildman–Crippen LogP) is 3.05. The van der Waals surface area contributed by atoms with Crippen molar-refractivity contribution in [3.8, 4) is 6.07 Å². The number of thiophene rings is 1. The maximum atomic E-state index is 11.1. The van der Waals surface area contributed by atoms with Crippen LogP contribution in [0, 0.1) is 25.2 Å². The SMILES string of the molecule is CCc1c(C)nc2sc(C(=O)O)c(C#N)c2c1C. The van der Waals surface area contributed by atoms with Gasteiger partial charge in [-0.2, -0.15) is 5.26 Å². The summed E-state index contributed by atoms with van der Waals surface area (Å²) in [5.74, 6) is -1.07. The Morgan fingerprint density at radius 1 is 1.50 bits per heavy atom. The van der Waals surface area contributed by atoms with Gasteiger partial charge in [0.2, 0.25) is 0 Å². The molecule has 5 heteroatoms. The lowest BCUT2D eigenvalue weighted by Gasteiger charge is -2.07. The van der Waals surface area contributed by atoms with Gasteiger partial charge in [0.05, 0.1) is 5.56 Å². The van der Waals surface area contributed by atoms with Gasteiger partial charge in [-0.05, 0) is 31.4 Å². The normalized spacial score (nSPS) is 10.6. The number of aromatic carboxylic acids is 1. The van der Waals surface area contributed by atoms with E-state index in [4.69, 9.17) is 5.11 Å². The number of nitrogens with zero attached hydrogens (tertiary/aromatic N) is 2. The number of aryl methyl sites for hydroxylation is 2. The molecule has 0 amide bonds. The van der Waals surface area contributed by atoms with Crippen LogP contribution in [0.4, 0.5) is 0 Å². The van der Waals surface area contributed by atoms with Crippen LogP contribution in [0.5, 0.6) is 0 Å². The highest BCUT2D eigenvalue weighted by atomic mass is 32.1. The number of rotatable bonds is 2. The molecule has 2 heterocycles. The molecule has 0 aliphatic heterocycles. The van der Waals surface area contributed by atoms with Crippen molar-refractivity contribution in [1.29, 1.82) is 5.26 Å². The van der Waals surface area contributed by atoms with Crippen molar-refractivity contribution in [2.45, 2.75) is 27.2 Å². The number of nitriles is 1. The molecule has 0 aliphatic rings. The van der Waals surface area contributed by atoms with Gasteiger partial charge in [-0.15, -0.1) is 11.3 Å². The number of pyridine rings is 1. The van der Waals surface area contributed by atoms with Crippen molar-refractivity contribution in [1.82, 2.24) is 4.98 Å². The Kier molecular flexibility index (Phi) is 3.05. The van der Waals surface area contributed by atoms with Gasteiger partial charge in [-0.25, -0.2) is 9.78 Å². The molecule has 0 bridgehead atoms. The highest BCUT2D eigenvalue weighted by molar-refractivity contribution is 7.20. The molecule has 2 aromatic heterocycles. The van der Waals surface area contributed by atoms with Crippen molar-refractivity contribution < 1.29 is 9.90 Å². The van der Waals surface area contributed by atoms with Crippen LogP contribution in [0.2, 0.25) is 0 Å². The van der Waals surface area contributed by atoms with E-state index in [-0.39, 0.29) is 10.4 Å². The molecule has 0 spiro atoms. The molecule has 0 unspecified atom stereocenters. The molecule has 0 atom stereocenters. The van der Waals surface area contributed by atoms with Crippen LogP contribution in [-0.4, -0.2) is 16.1 Å². The molecule has 0 aliphatic carbocycles. The number of carbonyl (C=O) groups is 1. The highest BCUT2D eigenvalue weighted by Crippen LogP contribution is 2.34. The second-order valence-corrected chi connectivity index (χ2v) is 5.06. The summed E-state index contributed by atoms with van der Waals surface area (Å²) in [6, 6.07) is 2.00. The Morgan fingerprint density at radius 3 is 2.67 bits per heavy atom. The number of hydrogen-bond donors (Lipinski definition) is 1. The fourth-order valence-corrected chi connectivity index (χ4v) is 3.34. The monoisotopic (exact) mass is 260 g/mol. The Labute approximate surface area is 109 Å².